The molecule has 0 saturated carbocycles. The van der Waals surface area contributed by atoms with Gasteiger partial charge in [-0.15, -0.1) is 0 Å². The molecule has 5 nitrogen and oxygen atoms in total. The molecule has 1 atom stereocenters. The van der Waals surface area contributed by atoms with Crippen LogP contribution < -0.4 is 5.32 Å². The van der Waals surface area contributed by atoms with E-state index in [1.54, 1.807) is 0 Å². The van der Waals surface area contributed by atoms with E-state index in [0.717, 1.165) is 63.2 Å². The van der Waals surface area contributed by atoms with Gasteiger partial charge in [0.1, 0.15) is 0 Å². The predicted molar refractivity (Wildman–Crippen MR) is 108 cm³/mol. The molecule has 3 rings (SSSR count). The summed E-state index contributed by atoms with van der Waals surface area (Å²) in [5.74, 6) is 0.325. The van der Waals surface area contributed by atoms with Crippen LogP contribution in [0.15, 0.2) is 24.3 Å². The first-order chi connectivity index (χ1) is 13.1. The van der Waals surface area contributed by atoms with Gasteiger partial charge in [0.2, 0.25) is 11.8 Å². The van der Waals surface area contributed by atoms with E-state index >= 15 is 0 Å². The third-order valence-corrected chi connectivity index (χ3v) is 5.78. The molecule has 27 heavy (non-hydrogen) atoms. The summed E-state index contributed by atoms with van der Waals surface area (Å²) < 4.78 is 0. The maximum atomic E-state index is 12.4. The van der Waals surface area contributed by atoms with Crippen molar-refractivity contribution in [3.05, 3.63) is 34.9 Å². The lowest BCUT2D eigenvalue weighted by Gasteiger charge is -2.24. The Hall–Kier alpha value is -1.59. The molecule has 2 saturated heterocycles. The number of amides is 2. The summed E-state index contributed by atoms with van der Waals surface area (Å²) >= 11 is 6.12. The fraction of sp³-hybridized carbons (Fsp3) is 0.619. The van der Waals surface area contributed by atoms with Crippen molar-refractivity contribution in [3.63, 3.8) is 0 Å². The zero-order chi connectivity index (χ0) is 19.1. The lowest BCUT2D eigenvalue weighted by atomic mass is 10.0. The Morgan fingerprint density at radius 2 is 2.07 bits per heavy atom. The second-order valence-corrected chi connectivity index (χ2v) is 8.01. The van der Waals surface area contributed by atoms with E-state index in [-0.39, 0.29) is 17.9 Å². The normalized spacial score (nSPS) is 21.3. The van der Waals surface area contributed by atoms with E-state index < -0.39 is 0 Å². The lowest BCUT2D eigenvalue weighted by Crippen LogP contribution is -2.38. The highest BCUT2D eigenvalue weighted by atomic mass is 35.5. The largest absolute Gasteiger partial charge is 0.355 e. The highest BCUT2D eigenvalue weighted by Gasteiger charge is 2.27. The van der Waals surface area contributed by atoms with Crippen molar-refractivity contribution < 1.29 is 9.59 Å². The third-order valence-electron chi connectivity index (χ3n) is 5.54. The summed E-state index contributed by atoms with van der Waals surface area (Å²) in [4.78, 5) is 28.5. The Morgan fingerprint density at radius 1 is 1.19 bits per heavy atom. The minimum Gasteiger partial charge on any atom is -0.355 e. The topological polar surface area (TPSA) is 52.7 Å². The number of nitrogens with zero attached hydrogens (tertiary/aromatic N) is 2. The van der Waals surface area contributed by atoms with Gasteiger partial charge in [0.05, 0.1) is 6.54 Å². The van der Waals surface area contributed by atoms with Crippen LogP contribution in [0.1, 0.15) is 56.6 Å². The van der Waals surface area contributed by atoms with E-state index in [1.807, 2.05) is 23.1 Å². The molecule has 2 amide bonds. The average Bonchev–Trinajstić information content (AvgIpc) is 3.01. The van der Waals surface area contributed by atoms with Gasteiger partial charge in [-0.3, -0.25) is 14.5 Å². The molecule has 0 aliphatic carbocycles. The first-order valence-corrected chi connectivity index (χ1v) is 10.6. The van der Waals surface area contributed by atoms with Crippen LogP contribution in [-0.4, -0.2) is 54.3 Å². The molecule has 1 N–H and O–H groups in total. The number of benzene rings is 1. The van der Waals surface area contributed by atoms with Gasteiger partial charge in [0.25, 0.3) is 0 Å². The summed E-state index contributed by atoms with van der Waals surface area (Å²) in [6.45, 7) is 3.58. The van der Waals surface area contributed by atoms with E-state index in [2.05, 4.69) is 16.3 Å². The Labute approximate surface area is 167 Å². The van der Waals surface area contributed by atoms with E-state index in [9.17, 15) is 9.59 Å². The van der Waals surface area contributed by atoms with E-state index in [0.29, 0.717) is 19.5 Å². The molecule has 2 aliphatic rings. The molecule has 0 bridgehead atoms. The van der Waals surface area contributed by atoms with Gasteiger partial charge in [0, 0.05) is 37.1 Å². The molecule has 2 fully saturated rings. The molecule has 2 aliphatic heterocycles. The zero-order valence-corrected chi connectivity index (χ0v) is 16.7. The van der Waals surface area contributed by atoms with Gasteiger partial charge >= 0.3 is 0 Å². The summed E-state index contributed by atoms with van der Waals surface area (Å²) in [5.41, 5.74) is 1.19. The minimum absolute atomic E-state index is 0.0612. The van der Waals surface area contributed by atoms with Crippen molar-refractivity contribution in [2.75, 3.05) is 32.7 Å². The van der Waals surface area contributed by atoms with Crippen molar-refractivity contribution in [1.82, 2.24) is 15.1 Å². The number of nitrogens with one attached hydrogen (secondary N) is 1. The van der Waals surface area contributed by atoms with Crippen molar-refractivity contribution in [1.29, 1.82) is 0 Å². The van der Waals surface area contributed by atoms with Crippen LogP contribution in [0.4, 0.5) is 0 Å². The van der Waals surface area contributed by atoms with E-state index in [4.69, 9.17) is 11.6 Å². The minimum atomic E-state index is 0.0612. The van der Waals surface area contributed by atoms with Crippen molar-refractivity contribution >= 4 is 23.4 Å². The maximum Gasteiger partial charge on any atom is 0.234 e. The fourth-order valence-electron chi connectivity index (χ4n) is 4.12. The van der Waals surface area contributed by atoms with Gasteiger partial charge in [-0.1, -0.05) is 30.2 Å². The summed E-state index contributed by atoms with van der Waals surface area (Å²) in [7, 11) is 0. The average molecular weight is 392 g/mol. The number of hydrogen-bond donors (Lipinski definition) is 1. The summed E-state index contributed by atoms with van der Waals surface area (Å²) in [6, 6.07) is 8.21. The molecule has 1 aromatic rings. The number of likely N-dealkylation sites (tertiary alicyclic amines) is 2. The Kier molecular flexibility index (Phi) is 7.53. The molecule has 0 radical (unpaired) electrons. The third kappa shape index (κ3) is 5.94. The summed E-state index contributed by atoms with van der Waals surface area (Å²) in [5, 5.41) is 3.76. The molecular formula is C21H30ClN3O2. The number of rotatable bonds is 7. The first-order valence-electron chi connectivity index (χ1n) is 10.2. The molecule has 0 aromatic heterocycles. The maximum absolute atomic E-state index is 12.4. The molecule has 1 unspecified atom stereocenters. The molecule has 148 valence electrons. The van der Waals surface area contributed by atoms with Gasteiger partial charge in [0.15, 0.2) is 0 Å². The highest BCUT2D eigenvalue weighted by molar-refractivity contribution is 6.30. The molecular weight excluding hydrogens is 362 g/mol. The van der Waals surface area contributed by atoms with Crippen molar-refractivity contribution in [2.24, 2.45) is 0 Å². The monoisotopic (exact) mass is 391 g/mol. The molecule has 6 heteroatoms. The Bertz CT molecular complexity index is 652. The Balaban J connectivity index is 1.40. The van der Waals surface area contributed by atoms with Gasteiger partial charge in [-0.05, 0) is 56.3 Å². The summed E-state index contributed by atoms with van der Waals surface area (Å²) in [6.07, 6.45) is 6.89. The lowest BCUT2D eigenvalue weighted by molar-refractivity contribution is -0.130. The standard InChI is InChI=1S/C21H30ClN3O2/c22-18-8-4-7-17(15-18)19-9-5-13-25(19)16-20(26)23-11-6-14-24-12-3-1-2-10-21(24)27/h4,7-8,15,19H,1-3,5-6,9-14,16H2,(H,23,26). The number of carbonyl (C=O) groups excluding carboxylic acids is 2. The van der Waals surface area contributed by atoms with Crippen molar-refractivity contribution in [2.45, 2.75) is 51.0 Å². The quantitative estimate of drug-likeness (QED) is 0.725. The predicted octanol–water partition coefficient (Wildman–Crippen LogP) is 3.39. The van der Waals surface area contributed by atoms with E-state index in [1.165, 1.54) is 5.56 Å². The van der Waals surface area contributed by atoms with Crippen LogP contribution in [0.5, 0.6) is 0 Å². The number of hydrogen-bond acceptors (Lipinski definition) is 3. The Morgan fingerprint density at radius 3 is 2.93 bits per heavy atom. The second kappa shape index (κ2) is 10.1. The van der Waals surface area contributed by atoms with Gasteiger partial charge < -0.3 is 10.2 Å². The van der Waals surface area contributed by atoms with Crippen LogP contribution >= 0.6 is 11.6 Å². The van der Waals surface area contributed by atoms with Crippen LogP contribution in [0, 0.1) is 0 Å². The highest BCUT2D eigenvalue weighted by Crippen LogP contribution is 2.32. The second-order valence-electron chi connectivity index (χ2n) is 7.58. The SMILES string of the molecule is O=C(CN1CCCC1c1cccc(Cl)c1)NCCCN1CCCCCC1=O. The number of carbonyl (C=O) groups is 2. The van der Waals surface area contributed by atoms with Gasteiger partial charge in [-0.2, -0.15) is 0 Å². The van der Waals surface area contributed by atoms with Crippen LogP contribution in [0.3, 0.4) is 0 Å². The smallest absolute Gasteiger partial charge is 0.234 e. The van der Waals surface area contributed by atoms with Crippen LogP contribution in [0.2, 0.25) is 5.02 Å². The van der Waals surface area contributed by atoms with Crippen LogP contribution in [0.25, 0.3) is 0 Å². The zero-order valence-electron chi connectivity index (χ0n) is 16.0. The number of halogens is 1. The molecule has 2 heterocycles. The first kappa shape index (κ1) is 20.2. The van der Waals surface area contributed by atoms with Crippen molar-refractivity contribution in [3.8, 4) is 0 Å². The van der Waals surface area contributed by atoms with Gasteiger partial charge in [-0.25, -0.2) is 0 Å². The molecule has 0 spiro atoms. The van der Waals surface area contributed by atoms with Crippen LogP contribution in [-0.2, 0) is 9.59 Å². The molecule has 1 aromatic carbocycles. The fourth-order valence-corrected chi connectivity index (χ4v) is 4.32.